The number of nitrogens with zero attached hydrogens (tertiary/aromatic N) is 1. The number of rotatable bonds is 5. The van der Waals surface area contributed by atoms with Gasteiger partial charge < -0.3 is 4.90 Å². The number of carbonyl (C=O) groups is 2. The molecular formula is C14H19NO2. The highest BCUT2D eigenvalue weighted by molar-refractivity contribution is 5.96. The molecule has 0 aromatic heterocycles. The third-order valence-electron chi connectivity index (χ3n) is 2.68. The molecule has 0 aliphatic heterocycles. The number of amides is 1. The summed E-state index contributed by atoms with van der Waals surface area (Å²) in [6.07, 6.45) is 1.00. The van der Waals surface area contributed by atoms with Crippen molar-refractivity contribution in [1.82, 2.24) is 4.90 Å². The highest BCUT2D eigenvalue weighted by Gasteiger charge is 2.11. The van der Waals surface area contributed by atoms with Crippen LogP contribution in [0.5, 0.6) is 0 Å². The number of Topliss-reactive ketones (excluding diaryl/α,β-unsaturated/α-hetero) is 1. The van der Waals surface area contributed by atoms with Crippen molar-refractivity contribution in [3.63, 3.8) is 0 Å². The molecule has 1 amide bonds. The Balaban J connectivity index is 2.57. The van der Waals surface area contributed by atoms with Crippen LogP contribution in [0.4, 0.5) is 0 Å². The van der Waals surface area contributed by atoms with Gasteiger partial charge in [0, 0.05) is 13.6 Å². The zero-order chi connectivity index (χ0) is 12.8. The van der Waals surface area contributed by atoms with Gasteiger partial charge in [-0.05, 0) is 24.5 Å². The number of carbonyl (C=O) groups excluding carboxylic acids is 2. The normalized spacial score (nSPS) is 10.1. The molecule has 0 unspecified atom stereocenters. The van der Waals surface area contributed by atoms with Gasteiger partial charge in [0.2, 0.25) is 5.91 Å². The molecule has 3 nitrogen and oxygen atoms in total. The van der Waals surface area contributed by atoms with Gasteiger partial charge in [-0.1, -0.05) is 31.2 Å². The second kappa shape index (κ2) is 6.18. The molecule has 0 radical (unpaired) electrons. The molecule has 0 saturated heterocycles. The lowest BCUT2D eigenvalue weighted by Gasteiger charge is -2.16. The van der Waals surface area contributed by atoms with Crippen LogP contribution in [0.2, 0.25) is 0 Å². The van der Waals surface area contributed by atoms with Crippen LogP contribution in [0.3, 0.4) is 0 Å². The van der Waals surface area contributed by atoms with Gasteiger partial charge in [0.1, 0.15) is 5.78 Å². The van der Waals surface area contributed by atoms with Gasteiger partial charge in [0.25, 0.3) is 0 Å². The highest BCUT2D eigenvalue weighted by Crippen LogP contribution is 2.08. The van der Waals surface area contributed by atoms with Crippen LogP contribution >= 0.6 is 0 Å². The van der Waals surface area contributed by atoms with Crippen molar-refractivity contribution in [2.45, 2.75) is 33.2 Å². The maximum atomic E-state index is 11.6. The average Bonchev–Trinajstić information content (AvgIpc) is 2.29. The van der Waals surface area contributed by atoms with Gasteiger partial charge >= 0.3 is 0 Å². The SMILES string of the molecule is CCc1ccc(CN(C)C(=O)CC(C)=O)cc1. The lowest BCUT2D eigenvalue weighted by molar-refractivity contribution is -0.134. The van der Waals surface area contributed by atoms with Crippen LogP contribution in [0, 0.1) is 0 Å². The van der Waals surface area contributed by atoms with E-state index >= 15 is 0 Å². The molecule has 0 spiro atoms. The smallest absolute Gasteiger partial charge is 0.230 e. The fraction of sp³-hybridized carbons (Fsp3) is 0.429. The monoisotopic (exact) mass is 233 g/mol. The van der Waals surface area contributed by atoms with Crippen LogP contribution in [0.25, 0.3) is 0 Å². The van der Waals surface area contributed by atoms with E-state index in [-0.39, 0.29) is 18.1 Å². The van der Waals surface area contributed by atoms with Crippen LogP contribution in [-0.4, -0.2) is 23.6 Å². The lowest BCUT2D eigenvalue weighted by Crippen LogP contribution is -2.27. The molecule has 1 rings (SSSR count). The number of hydrogen-bond acceptors (Lipinski definition) is 2. The maximum absolute atomic E-state index is 11.6. The van der Waals surface area contributed by atoms with Crippen molar-refractivity contribution in [3.05, 3.63) is 35.4 Å². The van der Waals surface area contributed by atoms with Crippen molar-refractivity contribution in [2.24, 2.45) is 0 Å². The van der Waals surface area contributed by atoms with E-state index in [2.05, 4.69) is 19.1 Å². The molecule has 0 aliphatic carbocycles. The summed E-state index contributed by atoms with van der Waals surface area (Å²) in [5.41, 5.74) is 2.37. The van der Waals surface area contributed by atoms with E-state index in [4.69, 9.17) is 0 Å². The number of aryl methyl sites for hydroxylation is 1. The summed E-state index contributed by atoms with van der Waals surface area (Å²) < 4.78 is 0. The molecule has 0 bridgehead atoms. The fourth-order valence-corrected chi connectivity index (χ4v) is 1.59. The zero-order valence-electron chi connectivity index (χ0n) is 10.7. The van der Waals surface area contributed by atoms with Crippen LogP contribution in [-0.2, 0) is 22.6 Å². The van der Waals surface area contributed by atoms with E-state index in [0.717, 1.165) is 12.0 Å². The Labute approximate surface area is 102 Å². The predicted molar refractivity (Wildman–Crippen MR) is 67.6 cm³/mol. The highest BCUT2D eigenvalue weighted by atomic mass is 16.2. The molecule has 3 heteroatoms. The first-order chi connectivity index (χ1) is 8.02. The van der Waals surface area contributed by atoms with Gasteiger partial charge in [-0.15, -0.1) is 0 Å². The topological polar surface area (TPSA) is 37.4 Å². The summed E-state index contributed by atoms with van der Waals surface area (Å²) in [4.78, 5) is 24.0. The van der Waals surface area contributed by atoms with Gasteiger partial charge in [-0.2, -0.15) is 0 Å². The third kappa shape index (κ3) is 4.39. The largest absolute Gasteiger partial charge is 0.341 e. The molecule has 92 valence electrons. The second-order valence-electron chi connectivity index (χ2n) is 4.30. The fourth-order valence-electron chi connectivity index (χ4n) is 1.59. The van der Waals surface area contributed by atoms with Crippen LogP contribution in [0.1, 0.15) is 31.4 Å². The average molecular weight is 233 g/mol. The van der Waals surface area contributed by atoms with E-state index < -0.39 is 0 Å². The summed E-state index contributed by atoms with van der Waals surface area (Å²) in [7, 11) is 1.72. The summed E-state index contributed by atoms with van der Waals surface area (Å²) in [5.74, 6) is -0.222. The van der Waals surface area contributed by atoms with E-state index in [1.54, 1.807) is 11.9 Å². The first kappa shape index (κ1) is 13.4. The van der Waals surface area contributed by atoms with Crippen molar-refractivity contribution < 1.29 is 9.59 Å². The molecule has 0 fully saturated rings. The van der Waals surface area contributed by atoms with Gasteiger partial charge in [0.15, 0.2) is 0 Å². The predicted octanol–water partition coefficient (Wildman–Crippen LogP) is 2.19. The molecular weight excluding hydrogens is 214 g/mol. The number of ketones is 1. The Hall–Kier alpha value is -1.64. The van der Waals surface area contributed by atoms with Crippen molar-refractivity contribution in [1.29, 1.82) is 0 Å². The Morgan fingerprint density at radius 3 is 2.12 bits per heavy atom. The minimum Gasteiger partial charge on any atom is -0.341 e. The molecule has 0 aliphatic rings. The number of hydrogen-bond donors (Lipinski definition) is 0. The Bertz CT molecular complexity index is 395. The van der Waals surface area contributed by atoms with E-state index in [1.807, 2.05) is 12.1 Å². The molecule has 0 N–H and O–H groups in total. The first-order valence-electron chi connectivity index (χ1n) is 5.84. The molecule has 1 aromatic rings. The van der Waals surface area contributed by atoms with Gasteiger partial charge in [-0.25, -0.2) is 0 Å². The second-order valence-corrected chi connectivity index (χ2v) is 4.30. The van der Waals surface area contributed by atoms with E-state index in [1.165, 1.54) is 12.5 Å². The standard InChI is InChI=1S/C14H19NO2/c1-4-12-5-7-13(8-6-12)10-15(3)14(17)9-11(2)16/h5-8H,4,9-10H2,1-3H3. The third-order valence-corrected chi connectivity index (χ3v) is 2.68. The lowest BCUT2D eigenvalue weighted by atomic mass is 10.1. The minimum atomic E-state index is -0.128. The summed E-state index contributed by atoms with van der Waals surface area (Å²) >= 11 is 0. The molecule has 1 aromatic carbocycles. The Morgan fingerprint density at radius 1 is 1.12 bits per heavy atom. The Morgan fingerprint density at radius 2 is 1.65 bits per heavy atom. The molecule has 0 atom stereocenters. The van der Waals surface area contributed by atoms with Gasteiger partial charge in [0.05, 0.1) is 6.42 Å². The Kier molecular flexibility index (Phi) is 4.88. The zero-order valence-corrected chi connectivity index (χ0v) is 10.7. The number of benzene rings is 1. The summed E-state index contributed by atoms with van der Waals surface area (Å²) in [6.45, 7) is 4.09. The van der Waals surface area contributed by atoms with Gasteiger partial charge in [-0.3, -0.25) is 9.59 Å². The van der Waals surface area contributed by atoms with Crippen molar-refractivity contribution >= 4 is 11.7 Å². The quantitative estimate of drug-likeness (QED) is 0.731. The molecule has 0 heterocycles. The maximum Gasteiger partial charge on any atom is 0.230 e. The molecule has 17 heavy (non-hydrogen) atoms. The summed E-state index contributed by atoms with van der Waals surface area (Å²) in [6, 6.07) is 8.18. The summed E-state index contributed by atoms with van der Waals surface area (Å²) in [5, 5.41) is 0. The van der Waals surface area contributed by atoms with Crippen LogP contribution in [0.15, 0.2) is 24.3 Å². The first-order valence-corrected chi connectivity index (χ1v) is 5.84. The van der Waals surface area contributed by atoms with Crippen molar-refractivity contribution in [2.75, 3.05) is 7.05 Å². The van der Waals surface area contributed by atoms with E-state index in [9.17, 15) is 9.59 Å². The van der Waals surface area contributed by atoms with Crippen molar-refractivity contribution in [3.8, 4) is 0 Å². The minimum absolute atomic E-state index is 0.0104. The van der Waals surface area contributed by atoms with E-state index in [0.29, 0.717) is 6.54 Å². The molecule has 0 saturated carbocycles. The van der Waals surface area contributed by atoms with Crippen LogP contribution < -0.4 is 0 Å².